The second-order valence-electron chi connectivity index (χ2n) is 9.00. The van der Waals surface area contributed by atoms with Crippen molar-refractivity contribution < 1.29 is 40.6 Å². The van der Waals surface area contributed by atoms with E-state index in [1.807, 2.05) is 18.2 Å². The Bertz CT molecular complexity index is 1280. The van der Waals surface area contributed by atoms with Gasteiger partial charge in [-0.2, -0.15) is 23.8 Å². The topological polar surface area (TPSA) is 57.2 Å². The van der Waals surface area contributed by atoms with Crippen LogP contribution in [-0.4, -0.2) is 17.5 Å². The number of halogens is 1. The number of unbranched alkanes of at least 4 members (excludes halogenated alkanes) is 1. The summed E-state index contributed by atoms with van der Waals surface area (Å²) in [6.45, 7) is 11.4. The molecule has 1 heterocycles. The average Bonchev–Trinajstić information content (AvgIpc) is 3.18. The third-order valence-electron chi connectivity index (χ3n) is 6.44. The van der Waals surface area contributed by atoms with Crippen molar-refractivity contribution in [2.45, 2.75) is 59.4 Å². The number of hydrogen-bond acceptors (Lipinski definition) is 3. The van der Waals surface area contributed by atoms with Crippen molar-refractivity contribution in [3.8, 4) is 0 Å². The predicted molar refractivity (Wildman–Crippen MR) is 151 cm³/mol. The minimum atomic E-state index is -0.443. The molecule has 0 amide bonds. The van der Waals surface area contributed by atoms with Gasteiger partial charge in [0, 0.05) is 40.5 Å². The summed E-state index contributed by atoms with van der Waals surface area (Å²) >= 11 is 6.15. The summed E-state index contributed by atoms with van der Waals surface area (Å²) in [5.41, 5.74) is 11.6. The Morgan fingerprint density at radius 3 is 2.57 bits per heavy atom. The molecule has 0 radical (unpaired) electrons. The van der Waals surface area contributed by atoms with E-state index in [4.69, 9.17) is 22.1 Å². The number of ether oxygens (including phenoxy) is 1. The molecule has 0 fully saturated rings. The molecule has 0 spiro atoms. The van der Waals surface area contributed by atoms with Crippen LogP contribution in [0.5, 0.6) is 0 Å². The minimum absolute atomic E-state index is 0. The van der Waals surface area contributed by atoms with Gasteiger partial charge >= 0.3 is 31.1 Å². The van der Waals surface area contributed by atoms with E-state index in [-0.39, 0.29) is 36.9 Å². The van der Waals surface area contributed by atoms with E-state index in [1.54, 1.807) is 25.4 Å². The Morgan fingerprint density at radius 1 is 1.22 bits per heavy atom. The fourth-order valence-electron chi connectivity index (χ4n) is 4.76. The minimum Gasteiger partial charge on any atom is -0.496 e. The SMILES string of the molecule is [CH2-]C(Cc1[c-]ccc(Cl)c1)C(=O)c1c(CC)n(CCC)c2cc(C(=C/N)/C(=C\CCC)OC)ccc12.[U+2]. The Balaban J connectivity index is 0.00000481. The van der Waals surface area contributed by atoms with E-state index in [0.717, 1.165) is 76.8 Å². The third-order valence-corrected chi connectivity index (χ3v) is 6.68. The molecule has 194 valence electrons. The van der Waals surface area contributed by atoms with E-state index in [0.29, 0.717) is 11.4 Å². The number of allylic oxidation sites excluding steroid dienone is 2. The maximum atomic E-state index is 13.8. The molecule has 4 nitrogen and oxygen atoms in total. The average molecular weight is 743 g/mol. The van der Waals surface area contributed by atoms with Crippen LogP contribution in [0.2, 0.25) is 5.02 Å². The van der Waals surface area contributed by atoms with E-state index < -0.39 is 5.92 Å². The van der Waals surface area contributed by atoms with Crippen molar-refractivity contribution in [1.82, 2.24) is 4.57 Å². The second-order valence-corrected chi connectivity index (χ2v) is 9.43. The van der Waals surface area contributed by atoms with Crippen LogP contribution in [0, 0.1) is 50.0 Å². The van der Waals surface area contributed by atoms with Crippen molar-refractivity contribution in [3.05, 3.63) is 94.8 Å². The van der Waals surface area contributed by atoms with Crippen molar-refractivity contribution in [2.75, 3.05) is 7.11 Å². The number of ketones is 1. The standard InChI is InChI=1S/C31H37ClN2O2.U/c1-6-9-13-29(36-5)26(20-33)23-14-15-25-28(19-23)34(16-7-2)27(8-3)30(25)31(35)21(4)17-22-11-10-12-24(32)18-22;/h10,12-15,18-21H,4,6-9,16-17,33H2,1-3,5H3;/q-2;+2/b26-20-,29-13+;. The number of nitrogens with two attached hydrogens (primary N) is 1. The predicted octanol–water partition coefficient (Wildman–Crippen LogP) is 7.57. The molecule has 2 aromatic carbocycles. The Morgan fingerprint density at radius 2 is 1.97 bits per heavy atom. The van der Waals surface area contributed by atoms with Crippen molar-refractivity contribution in [1.29, 1.82) is 0 Å². The molecule has 0 aliphatic rings. The summed E-state index contributed by atoms with van der Waals surface area (Å²) < 4.78 is 7.94. The molecule has 3 aromatic rings. The van der Waals surface area contributed by atoms with Crippen LogP contribution in [0.15, 0.2) is 54.4 Å². The number of aromatic nitrogens is 1. The van der Waals surface area contributed by atoms with Crippen molar-refractivity contribution >= 4 is 33.9 Å². The number of benzene rings is 2. The number of rotatable bonds is 12. The molecular formula is C31H37ClN2O2U. The fourth-order valence-corrected chi connectivity index (χ4v) is 4.95. The molecule has 0 saturated heterocycles. The molecule has 2 N–H and O–H groups in total. The van der Waals surface area contributed by atoms with Gasteiger partial charge in [0.1, 0.15) is 11.5 Å². The smallest absolute Gasteiger partial charge is 0.496 e. The van der Waals surface area contributed by atoms with Gasteiger partial charge in [-0.15, -0.1) is 23.6 Å². The van der Waals surface area contributed by atoms with Gasteiger partial charge in [0.25, 0.3) is 0 Å². The number of fused-ring (bicyclic) bond motifs is 1. The van der Waals surface area contributed by atoms with Crippen LogP contribution in [0.3, 0.4) is 0 Å². The van der Waals surface area contributed by atoms with Crippen LogP contribution < -0.4 is 5.73 Å². The molecule has 0 bridgehead atoms. The van der Waals surface area contributed by atoms with Gasteiger partial charge in [-0.1, -0.05) is 50.8 Å². The van der Waals surface area contributed by atoms with Crippen LogP contribution in [0.25, 0.3) is 16.5 Å². The number of nitrogens with zero attached hydrogens (tertiary/aromatic N) is 1. The summed E-state index contributed by atoms with van der Waals surface area (Å²) in [5, 5.41) is 1.59. The van der Waals surface area contributed by atoms with Gasteiger partial charge in [0.2, 0.25) is 0 Å². The Kier molecular flexibility index (Phi) is 12.6. The van der Waals surface area contributed by atoms with Gasteiger partial charge < -0.3 is 22.0 Å². The molecule has 6 heteroatoms. The van der Waals surface area contributed by atoms with Crippen molar-refractivity contribution in [2.24, 2.45) is 11.7 Å². The largest absolute Gasteiger partial charge is 2.00 e. The van der Waals surface area contributed by atoms with E-state index in [9.17, 15) is 4.79 Å². The molecule has 0 aliphatic carbocycles. The normalized spacial score (nSPS) is 12.9. The number of carbonyl (C=O) groups is 1. The van der Waals surface area contributed by atoms with E-state index in [2.05, 4.69) is 50.5 Å². The number of aryl methyl sites for hydroxylation is 1. The van der Waals surface area contributed by atoms with Gasteiger partial charge in [-0.3, -0.25) is 4.79 Å². The van der Waals surface area contributed by atoms with Gasteiger partial charge in [0.15, 0.2) is 0 Å². The van der Waals surface area contributed by atoms with Crippen molar-refractivity contribution in [3.63, 3.8) is 0 Å². The van der Waals surface area contributed by atoms with Crippen LogP contribution in [0.4, 0.5) is 0 Å². The number of carbonyl (C=O) groups excluding carboxylic acids is 1. The summed E-state index contributed by atoms with van der Waals surface area (Å²) in [5.74, 6) is 0.361. The molecular weight excluding hydrogens is 706 g/mol. The first kappa shape index (κ1) is 31.3. The summed E-state index contributed by atoms with van der Waals surface area (Å²) in [6.07, 6.45) is 7.79. The maximum Gasteiger partial charge on any atom is 2.00 e. The zero-order valence-electron chi connectivity index (χ0n) is 22.4. The quantitative estimate of drug-likeness (QED) is 0.0902. The first-order valence-electron chi connectivity index (χ1n) is 12.7. The fraction of sp³-hybridized carbons (Fsp3) is 0.355. The molecule has 1 aromatic heterocycles. The molecule has 37 heavy (non-hydrogen) atoms. The van der Waals surface area contributed by atoms with Gasteiger partial charge in [-0.05, 0) is 37.0 Å². The summed E-state index contributed by atoms with van der Waals surface area (Å²) in [7, 11) is 1.67. The van der Waals surface area contributed by atoms with E-state index >= 15 is 0 Å². The van der Waals surface area contributed by atoms with Crippen LogP contribution in [-0.2, 0) is 24.1 Å². The third kappa shape index (κ3) is 7.14. The molecule has 0 aliphatic heterocycles. The zero-order chi connectivity index (χ0) is 26.2. The van der Waals surface area contributed by atoms with Gasteiger partial charge in [-0.25, -0.2) is 0 Å². The monoisotopic (exact) mass is 742 g/mol. The first-order chi connectivity index (χ1) is 17.4. The second kappa shape index (κ2) is 14.9. The zero-order valence-corrected chi connectivity index (χ0v) is 27.3. The molecule has 3 rings (SSSR count). The van der Waals surface area contributed by atoms with E-state index in [1.165, 1.54) is 0 Å². The number of Topliss-reactive ketones (excluding diaryl/α,β-unsaturated/α-hetero) is 1. The van der Waals surface area contributed by atoms with Crippen LogP contribution >= 0.6 is 11.6 Å². The number of methoxy groups -OCH3 is 1. The maximum absolute atomic E-state index is 13.8. The Labute approximate surface area is 250 Å². The summed E-state index contributed by atoms with van der Waals surface area (Å²) in [4.78, 5) is 13.8. The first-order valence-corrected chi connectivity index (χ1v) is 13.1. The number of hydrogen-bond donors (Lipinski definition) is 1. The molecule has 1 unspecified atom stereocenters. The van der Waals surface area contributed by atoms with Crippen LogP contribution in [0.1, 0.15) is 67.2 Å². The molecule has 0 saturated carbocycles. The van der Waals surface area contributed by atoms with Gasteiger partial charge in [0.05, 0.1) is 7.11 Å². The summed E-state index contributed by atoms with van der Waals surface area (Å²) in [6, 6.07) is 14.8. The molecule has 1 atom stereocenters. The Hall–Kier alpha value is -1.93.